The number of carbonyl (C=O) groups excluding carboxylic acids is 2. The van der Waals surface area contributed by atoms with Gasteiger partial charge in [-0.3, -0.25) is 9.59 Å². The number of halogens is 1. The molecule has 2 rings (SSSR count). The number of hydrogen-bond acceptors (Lipinski definition) is 3. The Kier molecular flexibility index (Phi) is 5.46. The second-order valence-electron chi connectivity index (χ2n) is 5.76. The summed E-state index contributed by atoms with van der Waals surface area (Å²) >= 11 is 5.82. The van der Waals surface area contributed by atoms with Gasteiger partial charge in [-0.2, -0.15) is 0 Å². The highest BCUT2D eigenvalue weighted by molar-refractivity contribution is 6.44. The number of hydrogen-bond donors (Lipinski definition) is 3. The van der Waals surface area contributed by atoms with E-state index in [-0.39, 0.29) is 17.4 Å². The van der Waals surface area contributed by atoms with Crippen LogP contribution in [-0.4, -0.2) is 16.9 Å². The third kappa shape index (κ3) is 4.06. The molecule has 0 aliphatic rings. The summed E-state index contributed by atoms with van der Waals surface area (Å²) in [6, 6.07) is 9.87. The van der Waals surface area contributed by atoms with Crippen molar-refractivity contribution in [1.82, 2.24) is 0 Å². The highest BCUT2D eigenvalue weighted by Crippen LogP contribution is 2.28. The molecule has 0 aromatic heterocycles. The van der Waals surface area contributed by atoms with Gasteiger partial charge in [0.2, 0.25) is 0 Å². The summed E-state index contributed by atoms with van der Waals surface area (Å²) in [5.41, 5.74) is 2.52. The molecule has 0 atom stereocenters. The van der Waals surface area contributed by atoms with E-state index in [4.69, 9.17) is 11.6 Å². The van der Waals surface area contributed by atoms with E-state index >= 15 is 0 Å². The van der Waals surface area contributed by atoms with Crippen molar-refractivity contribution < 1.29 is 14.7 Å². The molecular weight excluding hydrogens is 328 g/mol. The summed E-state index contributed by atoms with van der Waals surface area (Å²) in [7, 11) is 0. The van der Waals surface area contributed by atoms with Gasteiger partial charge in [0.05, 0.1) is 5.69 Å². The average molecular weight is 347 g/mol. The van der Waals surface area contributed by atoms with E-state index in [1.807, 2.05) is 39.0 Å². The van der Waals surface area contributed by atoms with Gasteiger partial charge in [0.25, 0.3) is 0 Å². The van der Waals surface area contributed by atoms with Crippen molar-refractivity contribution in [3.05, 3.63) is 52.5 Å². The Labute approximate surface area is 145 Å². The molecule has 5 nitrogen and oxygen atoms in total. The number of phenols is 1. The summed E-state index contributed by atoms with van der Waals surface area (Å²) in [6.07, 6.45) is 0. The van der Waals surface area contributed by atoms with E-state index in [1.54, 1.807) is 0 Å². The number of amides is 2. The summed E-state index contributed by atoms with van der Waals surface area (Å²) in [4.78, 5) is 24.3. The highest BCUT2D eigenvalue weighted by atomic mass is 35.5. The van der Waals surface area contributed by atoms with Crippen LogP contribution >= 0.6 is 11.6 Å². The number of aryl methyl sites for hydroxylation is 1. The smallest absolute Gasteiger partial charge is 0.314 e. The number of aromatic hydroxyl groups is 1. The van der Waals surface area contributed by atoms with Crippen molar-refractivity contribution in [2.45, 2.75) is 26.7 Å². The van der Waals surface area contributed by atoms with Crippen LogP contribution in [0.3, 0.4) is 0 Å². The van der Waals surface area contributed by atoms with Crippen LogP contribution in [0.5, 0.6) is 5.75 Å². The van der Waals surface area contributed by atoms with Gasteiger partial charge in [0.1, 0.15) is 5.75 Å². The largest absolute Gasteiger partial charge is 0.506 e. The zero-order valence-electron chi connectivity index (χ0n) is 13.7. The number of para-hydroxylation sites is 1. The van der Waals surface area contributed by atoms with Crippen molar-refractivity contribution >= 4 is 34.8 Å². The maximum Gasteiger partial charge on any atom is 0.314 e. The molecular formula is C18H19ClN2O3. The molecule has 2 aromatic carbocycles. The van der Waals surface area contributed by atoms with Crippen LogP contribution in [0.25, 0.3) is 0 Å². The molecule has 2 aromatic rings. The molecule has 3 N–H and O–H groups in total. The zero-order chi connectivity index (χ0) is 17.9. The predicted molar refractivity (Wildman–Crippen MR) is 95.6 cm³/mol. The van der Waals surface area contributed by atoms with E-state index in [2.05, 4.69) is 10.6 Å². The molecule has 6 heteroatoms. The van der Waals surface area contributed by atoms with Gasteiger partial charge in [-0.25, -0.2) is 0 Å². The SMILES string of the molecule is Cc1cccc(C(C)C)c1NC(=O)C(=O)Nc1cc(Cl)ccc1O. The Balaban J connectivity index is 2.18. The van der Waals surface area contributed by atoms with Gasteiger partial charge in [-0.15, -0.1) is 0 Å². The van der Waals surface area contributed by atoms with Crippen LogP contribution in [0.4, 0.5) is 11.4 Å². The van der Waals surface area contributed by atoms with Gasteiger partial charge in [0, 0.05) is 10.7 Å². The Bertz CT molecular complexity index is 788. The number of benzene rings is 2. The third-order valence-electron chi connectivity index (χ3n) is 3.58. The molecule has 0 radical (unpaired) electrons. The molecule has 0 heterocycles. The first-order valence-electron chi connectivity index (χ1n) is 7.50. The first-order chi connectivity index (χ1) is 11.3. The standard InChI is InChI=1S/C18H19ClN2O3/c1-10(2)13-6-4-5-11(3)16(13)21-18(24)17(23)20-14-9-12(19)7-8-15(14)22/h4-10,22H,1-3H3,(H,20,23)(H,21,24). The number of anilines is 2. The molecule has 0 bridgehead atoms. The minimum atomic E-state index is -0.884. The normalized spacial score (nSPS) is 10.5. The topological polar surface area (TPSA) is 78.4 Å². The number of carbonyl (C=O) groups is 2. The summed E-state index contributed by atoms with van der Waals surface area (Å²) < 4.78 is 0. The molecule has 2 amide bonds. The molecule has 0 unspecified atom stereocenters. The second-order valence-corrected chi connectivity index (χ2v) is 6.20. The van der Waals surface area contributed by atoms with Crippen LogP contribution in [0.2, 0.25) is 5.02 Å². The molecule has 126 valence electrons. The van der Waals surface area contributed by atoms with Crippen molar-refractivity contribution in [2.75, 3.05) is 10.6 Å². The number of rotatable bonds is 3. The summed E-state index contributed by atoms with van der Waals surface area (Å²) in [5.74, 6) is -1.67. The third-order valence-corrected chi connectivity index (χ3v) is 3.81. The van der Waals surface area contributed by atoms with Gasteiger partial charge in [-0.1, -0.05) is 43.6 Å². The van der Waals surface area contributed by atoms with Crippen molar-refractivity contribution in [3.63, 3.8) is 0 Å². The van der Waals surface area contributed by atoms with Crippen molar-refractivity contribution in [1.29, 1.82) is 0 Å². The van der Waals surface area contributed by atoms with Crippen LogP contribution in [0.15, 0.2) is 36.4 Å². The Morgan fingerprint density at radius 3 is 2.42 bits per heavy atom. The Hall–Kier alpha value is -2.53. The number of nitrogens with one attached hydrogen (secondary N) is 2. The maximum absolute atomic E-state index is 12.2. The van der Waals surface area contributed by atoms with Crippen LogP contribution in [0.1, 0.15) is 30.9 Å². The van der Waals surface area contributed by atoms with Crippen LogP contribution < -0.4 is 10.6 Å². The second kappa shape index (κ2) is 7.36. The average Bonchev–Trinajstić information content (AvgIpc) is 2.52. The van der Waals surface area contributed by atoms with Gasteiger partial charge in [0.15, 0.2) is 0 Å². The monoisotopic (exact) mass is 346 g/mol. The molecule has 0 saturated carbocycles. The lowest BCUT2D eigenvalue weighted by atomic mass is 9.98. The van der Waals surface area contributed by atoms with E-state index in [0.717, 1.165) is 11.1 Å². The van der Waals surface area contributed by atoms with E-state index in [1.165, 1.54) is 18.2 Å². The van der Waals surface area contributed by atoms with Crippen molar-refractivity contribution in [2.24, 2.45) is 0 Å². The first-order valence-corrected chi connectivity index (χ1v) is 7.87. The Morgan fingerprint density at radius 1 is 1.08 bits per heavy atom. The fraction of sp³-hybridized carbons (Fsp3) is 0.222. The maximum atomic E-state index is 12.2. The van der Waals surface area contributed by atoms with Crippen molar-refractivity contribution in [3.8, 4) is 5.75 Å². The lowest BCUT2D eigenvalue weighted by molar-refractivity contribution is -0.133. The molecule has 0 aliphatic heterocycles. The Morgan fingerprint density at radius 2 is 1.75 bits per heavy atom. The molecule has 0 saturated heterocycles. The molecule has 0 spiro atoms. The highest BCUT2D eigenvalue weighted by Gasteiger charge is 2.19. The molecule has 0 aliphatic carbocycles. The lowest BCUT2D eigenvalue weighted by Gasteiger charge is -2.16. The molecule has 24 heavy (non-hydrogen) atoms. The molecule has 0 fully saturated rings. The fourth-order valence-corrected chi connectivity index (χ4v) is 2.47. The minimum absolute atomic E-state index is 0.0801. The van der Waals surface area contributed by atoms with Gasteiger partial charge < -0.3 is 15.7 Å². The minimum Gasteiger partial charge on any atom is -0.506 e. The van der Waals surface area contributed by atoms with Crippen LogP contribution in [0, 0.1) is 6.92 Å². The van der Waals surface area contributed by atoms with E-state index < -0.39 is 11.8 Å². The van der Waals surface area contributed by atoms with E-state index in [0.29, 0.717) is 10.7 Å². The van der Waals surface area contributed by atoms with Gasteiger partial charge in [-0.05, 0) is 42.2 Å². The van der Waals surface area contributed by atoms with Gasteiger partial charge >= 0.3 is 11.8 Å². The lowest BCUT2D eigenvalue weighted by Crippen LogP contribution is -2.29. The first kappa shape index (κ1) is 17.8. The summed E-state index contributed by atoms with van der Waals surface area (Å²) in [6.45, 7) is 5.88. The van der Waals surface area contributed by atoms with Crippen LogP contribution in [-0.2, 0) is 9.59 Å². The summed E-state index contributed by atoms with van der Waals surface area (Å²) in [5, 5.41) is 15.1. The zero-order valence-corrected chi connectivity index (χ0v) is 14.4. The van der Waals surface area contributed by atoms with E-state index in [9.17, 15) is 14.7 Å². The quantitative estimate of drug-likeness (QED) is 0.579. The predicted octanol–water partition coefficient (Wildman–Crippen LogP) is 4.05. The fourth-order valence-electron chi connectivity index (χ4n) is 2.30. The number of phenolic OH excluding ortho intramolecular Hbond substituents is 1.